The second-order valence-electron chi connectivity index (χ2n) is 3.19. The minimum absolute atomic E-state index is 0.771. The van der Waals surface area contributed by atoms with Crippen LogP contribution < -0.4 is 0 Å². The lowest BCUT2D eigenvalue weighted by molar-refractivity contribution is -0.159. The number of nitriles is 4. The summed E-state index contributed by atoms with van der Waals surface area (Å²) in [7, 11) is -17.4. The largest absolute Gasteiger partial charge is 0.473 e. The van der Waals surface area contributed by atoms with E-state index < -0.39 is 42.3 Å². The monoisotopic (exact) mass is 518 g/mol. The van der Waals surface area contributed by atoms with Gasteiger partial charge >= 0.3 is 42.3 Å². The maximum atomic E-state index is 9.33. The van der Waals surface area contributed by atoms with E-state index in [9.17, 15) is 18.3 Å². The van der Waals surface area contributed by atoms with Gasteiger partial charge in [-0.3, -0.25) is 0 Å². The molecule has 0 saturated heterocycles. The van der Waals surface area contributed by atoms with Gasteiger partial charge in [0.05, 0.1) is 0 Å². The summed E-state index contributed by atoms with van der Waals surface area (Å²) in [6, 6.07) is 0. The molecule has 30 heavy (non-hydrogen) atoms. The van der Waals surface area contributed by atoms with Gasteiger partial charge in [0.2, 0.25) is 0 Å². The lowest BCUT2D eigenvalue weighted by atomic mass is 10.7. The van der Waals surface area contributed by atoms with Crippen molar-refractivity contribution in [1.29, 1.82) is 21.0 Å². The molecule has 0 saturated carbocycles. The van der Waals surface area contributed by atoms with Gasteiger partial charge in [-0.25, -0.2) is 27.8 Å². The van der Waals surface area contributed by atoms with Crippen LogP contribution in [-0.4, -0.2) is 61.3 Å². The molecular weight excluding hydrogens is 508 g/mol. The highest BCUT2D eigenvalue weighted by atomic mass is 31.2. The van der Waals surface area contributed by atoms with Crippen molar-refractivity contribution in [2.24, 2.45) is 0 Å². The molecule has 10 N–H and O–H groups in total. The zero-order valence-electron chi connectivity index (χ0n) is 13.5. The Bertz CT molecular complexity index is 767. The van der Waals surface area contributed by atoms with Crippen LogP contribution in [0.25, 0.3) is 0 Å². The van der Waals surface area contributed by atoms with Crippen LogP contribution in [0.15, 0.2) is 0 Å². The predicted molar refractivity (Wildman–Crippen MR) is 85.9 cm³/mol. The van der Waals surface area contributed by atoms with Gasteiger partial charge < -0.3 is 49.4 Å². The summed E-state index contributed by atoms with van der Waals surface area (Å²) in [5.74, 6) is -0.565. The van der Waals surface area contributed by atoms with Gasteiger partial charge in [-0.2, -0.15) is 21.0 Å². The Kier molecular flexibility index (Phi) is 22.1. The summed E-state index contributed by atoms with van der Waals surface area (Å²) in [4.78, 5) is 78.8. The molecule has 0 aromatic rings. The maximum Gasteiger partial charge on any atom is 0.426 e. The second-order valence-corrected chi connectivity index (χ2v) is 8.34. The topological polar surface area (TPSA) is 400 Å². The molecule has 0 aliphatic heterocycles. The summed E-state index contributed by atoms with van der Waals surface area (Å²) < 4.78 is 37.3. The highest BCUT2D eigenvalue weighted by molar-refractivity contribution is 7.57. The number of hydrogen-bond donors (Lipinski definition) is 10. The van der Waals surface area contributed by atoms with Gasteiger partial charge in [0.25, 0.3) is 0 Å². The first kappa shape index (κ1) is 38.1. The fraction of sp³-hybridized carbons (Fsp3) is 0. The van der Waals surface area contributed by atoms with Crippen molar-refractivity contribution >= 4 is 42.3 Å². The minimum atomic E-state index is -4.34. The van der Waals surface area contributed by atoms with E-state index in [1.165, 1.54) is 0 Å². The first-order chi connectivity index (χ1) is 12.9. The Morgan fingerprint density at radius 1 is 0.467 bits per heavy atom. The Hall–Kier alpha value is -2.50. The molecular formula is C6H10N4O16P4. The van der Waals surface area contributed by atoms with Gasteiger partial charge in [-0.15, -0.1) is 0 Å². The van der Waals surface area contributed by atoms with Crippen LogP contribution in [-0.2, 0) is 27.8 Å². The van der Waals surface area contributed by atoms with Gasteiger partial charge in [-0.05, 0) is 0 Å². The Morgan fingerprint density at radius 3 is 0.533 bits per heavy atom. The third-order valence-electron chi connectivity index (χ3n) is 0.704. The number of carboxylic acid groups (broad SMARTS) is 2. The number of nitrogens with zero attached hydrogens (tertiary/aromatic N) is 4. The lowest BCUT2D eigenvalue weighted by Gasteiger charge is -1.80. The van der Waals surface area contributed by atoms with E-state index in [4.69, 9.17) is 80.0 Å². The molecule has 0 aromatic carbocycles. The number of hydrogen-bond acceptors (Lipinski definition) is 10. The SMILES string of the molecule is N#CP(=O)(O)O.N#CP(=O)(O)O.N#CP(=O)(O)O.N#CP(=O)(O)O.O=C(O)C(=O)O. The van der Waals surface area contributed by atoms with E-state index in [0.717, 1.165) is 23.2 Å². The lowest BCUT2D eigenvalue weighted by Crippen LogP contribution is -2.09. The highest BCUT2D eigenvalue weighted by Gasteiger charge is 2.08. The van der Waals surface area contributed by atoms with Crippen LogP contribution in [0.5, 0.6) is 0 Å². The summed E-state index contributed by atoms with van der Waals surface area (Å²) >= 11 is 0. The zero-order chi connectivity index (χ0) is 26.0. The third-order valence-corrected chi connectivity index (χ3v) is 1.75. The van der Waals surface area contributed by atoms with Crippen molar-refractivity contribution in [2.75, 3.05) is 0 Å². The van der Waals surface area contributed by atoms with E-state index >= 15 is 0 Å². The van der Waals surface area contributed by atoms with Gasteiger partial charge in [-0.1, -0.05) is 0 Å². The Balaban J connectivity index is -0.0000000868. The van der Waals surface area contributed by atoms with Crippen molar-refractivity contribution in [3.05, 3.63) is 0 Å². The molecule has 0 heterocycles. The van der Waals surface area contributed by atoms with E-state index in [-0.39, 0.29) is 0 Å². The van der Waals surface area contributed by atoms with Gasteiger partial charge in [0, 0.05) is 0 Å². The molecule has 0 bridgehead atoms. The fourth-order valence-corrected chi connectivity index (χ4v) is 0. The van der Waals surface area contributed by atoms with E-state index in [1.54, 1.807) is 0 Å². The van der Waals surface area contributed by atoms with E-state index in [0.29, 0.717) is 0 Å². The molecule has 0 rings (SSSR count). The van der Waals surface area contributed by atoms with Crippen molar-refractivity contribution in [2.45, 2.75) is 0 Å². The average Bonchev–Trinajstić information content (AvgIpc) is 2.54. The minimum Gasteiger partial charge on any atom is -0.473 e. The maximum absolute atomic E-state index is 9.33. The van der Waals surface area contributed by atoms with Crippen LogP contribution in [0.4, 0.5) is 0 Å². The number of rotatable bonds is 0. The van der Waals surface area contributed by atoms with Crippen molar-refractivity contribution in [3.8, 4) is 23.2 Å². The Labute approximate surface area is 164 Å². The molecule has 0 amide bonds. The molecule has 170 valence electrons. The summed E-state index contributed by atoms with van der Waals surface area (Å²) in [5.41, 5.74) is 0. The summed E-state index contributed by atoms with van der Waals surface area (Å²) in [5, 5.41) is 44.3. The summed E-state index contributed by atoms with van der Waals surface area (Å²) in [6.45, 7) is 0. The van der Waals surface area contributed by atoms with E-state index in [2.05, 4.69) is 0 Å². The average molecular weight is 518 g/mol. The molecule has 0 aromatic heterocycles. The normalized spacial score (nSPS) is 9.60. The highest BCUT2D eigenvalue weighted by Crippen LogP contribution is 2.32. The molecule has 0 unspecified atom stereocenters. The molecule has 0 aliphatic rings. The number of aliphatic carboxylic acids is 2. The van der Waals surface area contributed by atoms with Crippen LogP contribution in [0.3, 0.4) is 0 Å². The van der Waals surface area contributed by atoms with Crippen LogP contribution in [0.2, 0.25) is 0 Å². The Morgan fingerprint density at radius 2 is 0.533 bits per heavy atom. The van der Waals surface area contributed by atoms with Crippen LogP contribution >= 0.6 is 30.4 Å². The predicted octanol–water partition coefficient (Wildman–Crippen LogP) is -2.26. The third kappa shape index (κ3) is 84.0. The van der Waals surface area contributed by atoms with Crippen molar-refractivity contribution in [3.63, 3.8) is 0 Å². The van der Waals surface area contributed by atoms with Gasteiger partial charge in [0.15, 0.2) is 23.2 Å². The molecule has 0 spiro atoms. The standard InChI is InChI=1S/C2H2O4.4CH2NO3P/c3-1(4)2(5)6;4*2-1-6(3,4)5/h(H,3,4)(H,5,6);4*(H2,3,4,5). The molecule has 0 fully saturated rings. The molecule has 24 heteroatoms. The molecule has 0 atom stereocenters. The first-order valence-corrected chi connectivity index (χ1v) is 11.7. The number of carboxylic acids is 2. The van der Waals surface area contributed by atoms with E-state index in [1.807, 2.05) is 0 Å². The first-order valence-electron chi connectivity index (χ1n) is 5.22. The second kappa shape index (κ2) is 17.4. The van der Waals surface area contributed by atoms with Crippen LogP contribution in [0, 0.1) is 44.3 Å². The van der Waals surface area contributed by atoms with Crippen LogP contribution in [0.1, 0.15) is 0 Å². The molecule has 0 aliphatic carbocycles. The zero-order valence-corrected chi connectivity index (χ0v) is 17.1. The quantitative estimate of drug-likeness (QED) is 0.119. The number of carbonyl (C=O) groups is 2. The van der Waals surface area contributed by atoms with Crippen molar-refractivity contribution in [1.82, 2.24) is 0 Å². The summed E-state index contributed by atoms with van der Waals surface area (Å²) in [6.07, 6.45) is 0. The van der Waals surface area contributed by atoms with Gasteiger partial charge in [0.1, 0.15) is 0 Å². The smallest absolute Gasteiger partial charge is 0.426 e. The molecule has 0 radical (unpaired) electrons. The molecule has 20 nitrogen and oxygen atoms in total. The fourth-order valence-electron chi connectivity index (χ4n) is 0. The van der Waals surface area contributed by atoms with Crippen molar-refractivity contribution < 1.29 is 77.2 Å².